The van der Waals surface area contributed by atoms with Gasteiger partial charge in [0.2, 0.25) is 5.90 Å². The van der Waals surface area contributed by atoms with Crippen LogP contribution < -0.4 is 15.6 Å². The van der Waals surface area contributed by atoms with Crippen LogP contribution in [-0.2, 0) is 29.0 Å². The molecular weight excluding hydrogens is 655 g/mol. The maximum absolute atomic E-state index is 14.4. The van der Waals surface area contributed by atoms with Crippen LogP contribution in [0, 0.1) is 5.82 Å². The molecule has 12 heteroatoms. The summed E-state index contributed by atoms with van der Waals surface area (Å²) in [7, 11) is 0. The minimum atomic E-state index is -1.51. The molecule has 1 aliphatic rings. The highest BCUT2D eigenvalue weighted by atomic mass is 79.9. The fraction of sp³-hybridized carbons (Fsp3) is 0.235. The first-order chi connectivity index (χ1) is 22.4. The monoisotopic (exact) mass is 686 g/mol. The fourth-order valence-electron chi connectivity index (χ4n) is 5.18. The summed E-state index contributed by atoms with van der Waals surface area (Å²) in [6.45, 7) is 0.680. The number of azide groups is 1. The Morgan fingerprint density at radius 2 is 1.83 bits per heavy atom. The number of rotatable bonds is 14. The minimum Gasteiger partial charge on any atom is -0.494 e. The number of nitrogens with one attached hydrogen (secondary N) is 2. The number of aliphatic hydroxyl groups excluding tert-OH is 1. The lowest BCUT2D eigenvalue weighted by Crippen LogP contribution is -2.53. The zero-order valence-corrected chi connectivity index (χ0v) is 26.4. The number of nitrogens with zero attached hydrogens (tertiary/aromatic N) is 4. The Morgan fingerprint density at radius 3 is 2.54 bits per heavy atom. The summed E-state index contributed by atoms with van der Waals surface area (Å²) < 4.78 is 26.9. The van der Waals surface area contributed by atoms with Crippen LogP contribution >= 0.6 is 15.9 Å². The second kappa shape index (κ2) is 15.5. The second-order valence-corrected chi connectivity index (χ2v) is 11.5. The van der Waals surface area contributed by atoms with E-state index < -0.39 is 17.6 Å². The molecule has 236 valence electrons. The van der Waals surface area contributed by atoms with E-state index in [-0.39, 0.29) is 37.8 Å². The number of halogens is 2. The molecule has 0 bridgehead atoms. The number of hydrogen-bond donors (Lipinski definition) is 3. The van der Waals surface area contributed by atoms with E-state index in [9.17, 15) is 9.18 Å². The Morgan fingerprint density at radius 1 is 1.07 bits per heavy atom. The highest BCUT2D eigenvalue weighted by molar-refractivity contribution is 9.10. The van der Waals surface area contributed by atoms with Gasteiger partial charge < -0.3 is 14.6 Å². The minimum absolute atomic E-state index is 0.0351. The summed E-state index contributed by atoms with van der Waals surface area (Å²) in [4.78, 5) is 22.4. The van der Waals surface area contributed by atoms with Gasteiger partial charge in [0.25, 0.3) is 5.91 Å². The van der Waals surface area contributed by atoms with Gasteiger partial charge in [-0.25, -0.2) is 14.8 Å². The molecule has 2 atom stereocenters. The predicted octanol–water partition coefficient (Wildman–Crippen LogP) is 6.48. The van der Waals surface area contributed by atoms with Crippen molar-refractivity contribution >= 4 is 27.7 Å². The quantitative estimate of drug-likeness (QED) is 0.0458. The standard InChI is InChI=1S/C34H32BrFN6O4/c35-28-13-9-24(10-14-28)31-34(20-26-6-1-2-7-27(26)22-39-42-37,33(44)41-38-21-23-5-3-8-29(36)19-23)40-32(46-31)25-11-15-30(16-12-25)45-18-4-17-43/h1-3,5-16,19,31,38,43H,4,17-18,20-22H2,(H,41,44)/t31-,34-/m0/s1. The van der Waals surface area contributed by atoms with E-state index in [1.165, 1.54) is 12.1 Å². The van der Waals surface area contributed by atoms with Gasteiger partial charge in [-0.1, -0.05) is 69.6 Å². The molecule has 4 aromatic rings. The predicted molar refractivity (Wildman–Crippen MR) is 175 cm³/mol. The van der Waals surface area contributed by atoms with Crippen molar-refractivity contribution in [3.63, 3.8) is 0 Å². The zero-order chi connectivity index (χ0) is 32.4. The average molecular weight is 688 g/mol. The van der Waals surface area contributed by atoms with Crippen LogP contribution in [0.2, 0.25) is 0 Å². The Balaban J connectivity index is 1.55. The number of carbonyl (C=O) groups excluding carboxylic acids is 1. The smallest absolute Gasteiger partial charge is 0.266 e. The lowest BCUT2D eigenvalue weighted by Gasteiger charge is -2.31. The largest absolute Gasteiger partial charge is 0.494 e. The fourth-order valence-corrected chi connectivity index (χ4v) is 5.45. The topological polar surface area (TPSA) is 141 Å². The van der Waals surface area contributed by atoms with Crippen molar-refractivity contribution in [2.45, 2.75) is 37.6 Å². The number of hydrazine groups is 1. The van der Waals surface area contributed by atoms with E-state index in [0.29, 0.717) is 29.9 Å². The van der Waals surface area contributed by atoms with Gasteiger partial charge in [0.1, 0.15) is 11.6 Å². The molecule has 0 unspecified atom stereocenters. The number of aliphatic imine (C=N–C) groups is 1. The van der Waals surface area contributed by atoms with E-state index in [1.807, 2.05) is 48.5 Å². The number of carbonyl (C=O) groups is 1. The van der Waals surface area contributed by atoms with Crippen molar-refractivity contribution in [2.75, 3.05) is 13.2 Å². The molecule has 46 heavy (non-hydrogen) atoms. The van der Waals surface area contributed by atoms with E-state index in [1.54, 1.807) is 36.4 Å². The van der Waals surface area contributed by atoms with Crippen molar-refractivity contribution in [2.24, 2.45) is 10.1 Å². The number of amides is 1. The van der Waals surface area contributed by atoms with Gasteiger partial charge in [0, 0.05) is 40.9 Å². The normalized spacial score (nSPS) is 17.0. The van der Waals surface area contributed by atoms with E-state index in [4.69, 9.17) is 25.1 Å². The molecule has 4 aromatic carbocycles. The van der Waals surface area contributed by atoms with Gasteiger partial charge in [-0.2, -0.15) is 0 Å². The average Bonchev–Trinajstić information content (AvgIpc) is 3.45. The molecule has 3 N–H and O–H groups in total. The highest BCUT2D eigenvalue weighted by Gasteiger charge is 2.53. The molecule has 0 fully saturated rings. The maximum Gasteiger partial charge on any atom is 0.266 e. The molecule has 1 aliphatic heterocycles. The Kier molecular flexibility index (Phi) is 11.0. The van der Waals surface area contributed by atoms with Crippen LogP contribution in [0.3, 0.4) is 0 Å². The SMILES string of the molecule is [N-]=[N+]=NCc1ccccc1C[C@]1(C(=O)NNCc2cccc(F)c2)N=C(c2ccc(OCCCO)cc2)O[C@H]1c1ccc(Br)cc1. The van der Waals surface area contributed by atoms with Crippen LogP contribution in [0.1, 0.15) is 40.3 Å². The lowest BCUT2D eigenvalue weighted by molar-refractivity contribution is -0.130. The molecular formula is C34H32BrFN6O4. The molecule has 0 aromatic heterocycles. The van der Waals surface area contributed by atoms with Crippen LogP contribution in [-0.4, -0.2) is 35.7 Å². The van der Waals surface area contributed by atoms with Crippen LogP contribution in [0.5, 0.6) is 5.75 Å². The molecule has 1 heterocycles. The van der Waals surface area contributed by atoms with Crippen LogP contribution in [0.15, 0.2) is 112 Å². The van der Waals surface area contributed by atoms with Gasteiger partial charge in [0.15, 0.2) is 11.6 Å². The first-order valence-corrected chi connectivity index (χ1v) is 15.4. The number of aliphatic hydroxyl groups is 1. The van der Waals surface area contributed by atoms with Crippen LogP contribution in [0.25, 0.3) is 10.4 Å². The van der Waals surface area contributed by atoms with Crippen molar-refractivity contribution < 1.29 is 23.8 Å². The molecule has 0 aliphatic carbocycles. The molecule has 10 nitrogen and oxygen atoms in total. The lowest BCUT2D eigenvalue weighted by atomic mass is 9.81. The summed E-state index contributed by atoms with van der Waals surface area (Å²) in [5.41, 5.74) is 16.7. The van der Waals surface area contributed by atoms with Gasteiger partial charge in [-0.3, -0.25) is 10.2 Å². The van der Waals surface area contributed by atoms with Gasteiger partial charge in [0.05, 0.1) is 13.2 Å². The van der Waals surface area contributed by atoms with Crippen LogP contribution in [0.4, 0.5) is 4.39 Å². The maximum atomic E-state index is 14.4. The molecule has 0 radical (unpaired) electrons. The van der Waals surface area contributed by atoms with E-state index in [2.05, 4.69) is 36.8 Å². The Bertz CT molecular complexity index is 1730. The van der Waals surface area contributed by atoms with Crippen molar-refractivity contribution in [3.05, 3.63) is 146 Å². The van der Waals surface area contributed by atoms with Crippen molar-refractivity contribution in [1.29, 1.82) is 0 Å². The third-order valence-corrected chi connectivity index (χ3v) is 8.00. The first-order valence-electron chi connectivity index (χ1n) is 14.6. The van der Waals surface area contributed by atoms with Gasteiger partial charge in [-0.15, -0.1) is 0 Å². The van der Waals surface area contributed by atoms with Gasteiger partial charge in [-0.05, 0) is 76.3 Å². The summed E-state index contributed by atoms with van der Waals surface area (Å²) in [6.07, 6.45) is -0.220. The first kappa shape index (κ1) is 32.6. The third-order valence-electron chi connectivity index (χ3n) is 7.47. The number of ether oxygens (including phenoxy) is 2. The summed E-state index contributed by atoms with van der Waals surface area (Å²) in [5, 5.41) is 12.8. The third kappa shape index (κ3) is 7.91. The number of hydrogen-bond acceptors (Lipinski definition) is 7. The summed E-state index contributed by atoms with van der Waals surface area (Å²) in [6, 6.07) is 28.2. The van der Waals surface area contributed by atoms with E-state index >= 15 is 0 Å². The molecule has 5 rings (SSSR count). The van der Waals surface area contributed by atoms with Crippen molar-refractivity contribution in [1.82, 2.24) is 10.9 Å². The summed E-state index contributed by atoms with van der Waals surface area (Å²) in [5.74, 6) is 0.0482. The second-order valence-electron chi connectivity index (χ2n) is 10.6. The molecule has 1 amide bonds. The molecule has 0 spiro atoms. The molecule has 0 saturated heterocycles. The van der Waals surface area contributed by atoms with Crippen molar-refractivity contribution in [3.8, 4) is 5.75 Å². The van der Waals surface area contributed by atoms with Gasteiger partial charge >= 0.3 is 0 Å². The summed E-state index contributed by atoms with van der Waals surface area (Å²) >= 11 is 3.49. The molecule has 0 saturated carbocycles. The highest BCUT2D eigenvalue weighted by Crippen LogP contribution is 2.43. The Labute approximate surface area is 274 Å². The Hall–Kier alpha value is -4.74. The number of benzene rings is 4. The zero-order valence-electron chi connectivity index (χ0n) is 24.8. The van der Waals surface area contributed by atoms with E-state index in [0.717, 1.165) is 21.2 Å².